The minimum absolute atomic E-state index is 0.183. The van der Waals surface area contributed by atoms with E-state index in [9.17, 15) is 4.79 Å². The third-order valence-electron chi connectivity index (χ3n) is 3.37. The third kappa shape index (κ3) is 4.44. The molecule has 18 heavy (non-hydrogen) atoms. The van der Waals surface area contributed by atoms with E-state index < -0.39 is 5.54 Å². The van der Waals surface area contributed by atoms with Crippen molar-refractivity contribution >= 4 is 17.7 Å². The Balaban J connectivity index is 2.45. The summed E-state index contributed by atoms with van der Waals surface area (Å²) >= 11 is 1.80. The van der Waals surface area contributed by atoms with Crippen LogP contribution in [0, 0.1) is 5.92 Å². The Kier molecular flexibility index (Phi) is 7.04. The first-order chi connectivity index (χ1) is 8.67. The Hall–Kier alpha value is -0.260. The van der Waals surface area contributed by atoms with Gasteiger partial charge in [0.2, 0.25) is 5.91 Å². The molecule has 0 aliphatic heterocycles. The van der Waals surface area contributed by atoms with E-state index in [1.807, 2.05) is 0 Å². The molecule has 0 aromatic heterocycles. The minimum atomic E-state index is -0.478. The highest BCUT2D eigenvalue weighted by atomic mass is 32.2. The van der Waals surface area contributed by atoms with Gasteiger partial charge in [-0.25, -0.2) is 0 Å². The van der Waals surface area contributed by atoms with Crippen LogP contribution in [0.2, 0.25) is 0 Å². The van der Waals surface area contributed by atoms with E-state index in [1.54, 1.807) is 18.9 Å². The van der Waals surface area contributed by atoms with Gasteiger partial charge in [-0.1, -0.05) is 6.92 Å². The Bertz CT molecular complexity index is 259. The maximum Gasteiger partial charge on any atom is 0.238 e. The van der Waals surface area contributed by atoms with E-state index in [4.69, 9.17) is 10.5 Å². The molecule has 1 atom stereocenters. The summed E-state index contributed by atoms with van der Waals surface area (Å²) in [6.07, 6.45) is 4.29. The van der Waals surface area contributed by atoms with Gasteiger partial charge < -0.3 is 15.8 Å². The summed E-state index contributed by atoms with van der Waals surface area (Å²) < 4.78 is 5.03. The molecule has 0 bridgehead atoms. The second kappa shape index (κ2) is 8.02. The molecule has 1 aliphatic carbocycles. The van der Waals surface area contributed by atoms with E-state index >= 15 is 0 Å². The predicted octanol–water partition coefficient (Wildman–Crippen LogP) is 1.39. The Morgan fingerprint density at radius 3 is 2.78 bits per heavy atom. The molecule has 106 valence electrons. The molecule has 1 aliphatic rings. The minimum Gasteiger partial charge on any atom is -0.385 e. The lowest BCUT2D eigenvalue weighted by molar-refractivity contribution is -0.124. The first-order valence-electron chi connectivity index (χ1n) is 6.79. The van der Waals surface area contributed by atoms with Crippen LogP contribution in [-0.4, -0.2) is 43.2 Å². The van der Waals surface area contributed by atoms with Crippen molar-refractivity contribution in [1.82, 2.24) is 5.32 Å². The van der Waals surface area contributed by atoms with Gasteiger partial charge in [0.25, 0.3) is 0 Å². The molecule has 1 saturated carbocycles. The zero-order chi connectivity index (χ0) is 13.4. The number of nitrogens with one attached hydrogen (secondary N) is 1. The summed E-state index contributed by atoms with van der Waals surface area (Å²) in [5.74, 6) is 2.06. The fraction of sp³-hybridized carbons (Fsp3) is 0.923. The fourth-order valence-electron chi connectivity index (χ4n) is 2.14. The molecule has 0 heterocycles. The molecule has 0 saturated heterocycles. The van der Waals surface area contributed by atoms with Crippen LogP contribution in [0.15, 0.2) is 0 Å². The number of ether oxygens (including phenoxy) is 1. The van der Waals surface area contributed by atoms with Gasteiger partial charge in [-0.05, 0) is 43.9 Å². The van der Waals surface area contributed by atoms with Gasteiger partial charge in [0.1, 0.15) is 5.54 Å². The SMILES string of the molecule is CCCNC(CSCCCOC)(C(N)=O)C1CC1. The second-order valence-electron chi connectivity index (χ2n) is 4.94. The number of carbonyl (C=O) groups excluding carboxylic acids is 1. The molecular weight excluding hydrogens is 248 g/mol. The number of rotatable bonds is 11. The molecule has 1 fully saturated rings. The molecular formula is C13H26N2O2S. The average Bonchev–Trinajstić information content (AvgIpc) is 3.17. The Morgan fingerprint density at radius 1 is 1.56 bits per heavy atom. The standard InChI is InChI=1S/C13H26N2O2S/c1-3-7-15-13(12(14)16,11-5-6-11)10-18-9-4-8-17-2/h11,15H,3-10H2,1-2H3,(H2,14,16). The lowest BCUT2D eigenvalue weighted by Gasteiger charge is -2.31. The van der Waals surface area contributed by atoms with Crippen molar-refractivity contribution in [2.75, 3.05) is 31.8 Å². The van der Waals surface area contributed by atoms with Gasteiger partial charge in [-0.3, -0.25) is 4.79 Å². The topological polar surface area (TPSA) is 64.3 Å². The molecule has 4 nitrogen and oxygen atoms in total. The molecule has 1 unspecified atom stereocenters. The number of carbonyl (C=O) groups is 1. The van der Waals surface area contributed by atoms with Gasteiger partial charge >= 0.3 is 0 Å². The number of hydrogen-bond acceptors (Lipinski definition) is 4. The molecule has 0 aromatic rings. The van der Waals surface area contributed by atoms with Gasteiger partial charge in [0.15, 0.2) is 0 Å². The number of amides is 1. The van der Waals surface area contributed by atoms with Crippen LogP contribution < -0.4 is 11.1 Å². The fourth-order valence-corrected chi connectivity index (χ4v) is 3.40. The average molecular weight is 274 g/mol. The van der Waals surface area contributed by atoms with Crippen molar-refractivity contribution in [3.63, 3.8) is 0 Å². The molecule has 0 radical (unpaired) electrons. The van der Waals surface area contributed by atoms with E-state index in [1.165, 1.54) is 0 Å². The van der Waals surface area contributed by atoms with Crippen molar-refractivity contribution < 1.29 is 9.53 Å². The maximum atomic E-state index is 11.9. The molecule has 1 amide bonds. The van der Waals surface area contributed by atoms with Crippen LogP contribution in [0.25, 0.3) is 0 Å². The molecule has 0 aromatic carbocycles. The number of hydrogen-bond donors (Lipinski definition) is 2. The van der Waals surface area contributed by atoms with Crippen LogP contribution in [0.1, 0.15) is 32.6 Å². The number of thioether (sulfide) groups is 1. The van der Waals surface area contributed by atoms with Crippen molar-refractivity contribution in [3.8, 4) is 0 Å². The van der Waals surface area contributed by atoms with Gasteiger partial charge in [0.05, 0.1) is 0 Å². The maximum absolute atomic E-state index is 11.9. The normalized spacial score (nSPS) is 18.6. The summed E-state index contributed by atoms with van der Waals surface area (Å²) in [5, 5.41) is 3.41. The largest absolute Gasteiger partial charge is 0.385 e. The molecule has 0 spiro atoms. The molecule has 1 rings (SSSR count). The highest BCUT2D eigenvalue weighted by molar-refractivity contribution is 7.99. The van der Waals surface area contributed by atoms with Gasteiger partial charge in [-0.15, -0.1) is 0 Å². The predicted molar refractivity (Wildman–Crippen MR) is 76.8 cm³/mol. The number of methoxy groups -OCH3 is 1. The second-order valence-corrected chi connectivity index (χ2v) is 6.04. The van der Waals surface area contributed by atoms with Crippen LogP contribution in [0.5, 0.6) is 0 Å². The van der Waals surface area contributed by atoms with Crippen molar-refractivity contribution in [2.24, 2.45) is 11.7 Å². The summed E-state index contributed by atoms with van der Waals surface area (Å²) in [6, 6.07) is 0. The van der Waals surface area contributed by atoms with Crippen molar-refractivity contribution in [1.29, 1.82) is 0 Å². The van der Waals surface area contributed by atoms with E-state index in [-0.39, 0.29) is 5.91 Å². The molecule has 3 N–H and O–H groups in total. The molecule has 5 heteroatoms. The van der Waals surface area contributed by atoms with E-state index in [2.05, 4.69) is 12.2 Å². The smallest absolute Gasteiger partial charge is 0.238 e. The summed E-state index contributed by atoms with van der Waals surface area (Å²) in [7, 11) is 1.71. The highest BCUT2D eigenvalue weighted by Crippen LogP contribution is 2.41. The van der Waals surface area contributed by atoms with E-state index in [0.29, 0.717) is 5.92 Å². The van der Waals surface area contributed by atoms with E-state index in [0.717, 1.165) is 50.3 Å². The lowest BCUT2D eigenvalue weighted by atomic mass is 9.94. The van der Waals surface area contributed by atoms with Crippen molar-refractivity contribution in [3.05, 3.63) is 0 Å². The highest BCUT2D eigenvalue weighted by Gasteiger charge is 2.49. The Labute approximate surface area is 114 Å². The monoisotopic (exact) mass is 274 g/mol. The van der Waals surface area contributed by atoms with Crippen LogP contribution in [0.4, 0.5) is 0 Å². The third-order valence-corrected chi connectivity index (χ3v) is 4.61. The Morgan fingerprint density at radius 2 is 2.28 bits per heavy atom. The van der Waals surface area contributed by atoms with Gasteiger partial charge in [0, 0.05) is 19.5 Å². The number of nitrogens with two attached hydrogens (primary N) is 1. The first kappa shape index (κ1) is 15.8. The summed E-state index contributed by atoms with van der Waals surface area (Å²) in [4.78, 5) is 11.9. The summed E-state index contributed by atoms with van der Waals surface area (Å²) in [6.45, 7) is 3.75. The van der Waals surface area contributed by atoms with Crippen molar-refractivity contribution in [2.45, 2.75) is 38.1 Å². The first-order valence-corrected chi connectivity index (χ1v) is 7.94. The number of primary amides is 1. The zero-order valence-corrected chi connectivity index (χ0v) is 12.4. The van der Waals surface area contributed by atoms with Crippen LogP contribution in [0.3, 0.4) is 0 Å². The zero-order valence-electron chi connectivity index (χ0n) is 11.5. The van der Waals surface area contributed by atoms with Crippen LogP contribution >= 0.6 is 11.8 Å². The quantitative estimate of drug-likeness (QED) is 0.559. The lowest BCUT2D eigenvalue weighted by Crippen LogP contribution is -2.59. The van der Waals surface area contributed by atoms with Crippen LogP contribution in [-0.2, 0) is 9.53 Å². The van der Waals surface area contributed by atoms with Gasteiger partial charge in [-0.2, -0.15) is 11.8 Å². The summed E-state index contributed by atoms with van der Waals surface area (Å²) in [5.41, 5.74) is 5.18.